The van der Waals surface area contributed by atoms with E-state index in [1.165, 1.54) is 17.3 Å². The molecular weight excluding hydrogens is 841 g/mol. The largest absolute Gasteiger partial charge is 0.501 e. The van der Waals surface area contributed by atoms with Crippen LogP contribution in [0.1, 0.15) is 60.3 Å². The van der Waals surface area contributed by atoms with Crippen LogP contribution in [0.2, 0.25) is 0 Å². The number of rotatable bonds is 6. The molecule has 5 nitrogen and oxygen atoms in total. The van der Waals surface area contributed by atoms with Crippen LogP contribution in [0.25, 0.3) is 72.6 Å². The molecule has 4 heterocycles. The van der Waals surface area contributed by atoms with Crippen LogP contribution in [0.15, 0.2) is 144 Å². The van der Waals surface area contributed by atoms with Gasteiger partial charge in [0.05, 0.1) is 16.9 Å². The molecule has 0 N–H and O–H groups in total. The average molecular weight is 884 g/mol. The maximum Gasteiger partial charge on any atom is 0.155 e. The number of nitrogens with zero attached hydrogens (tertiary/aromatic N) is 4. The zero-order valence-electron chi connectivity index (χ0n) is 33.5. The summed E-state index contributed by atoms with van der Waals surface area (Å²) in [6.45, 7) is 6.89. The Morgan fingerprint density at radius 3 is 2.15 bits per heavy atom. The molecule has 269 valence electrons. The molecule has 0 aliphatic rings. The van der Waals surface area contributed by atoms with Crippen molar-refractivity contribution < 1.29 is 28.6 Å². The molecule has 5 aromatic carbocycles. The third-order valence-electron chi connectivity index (χ3n) is 9.48. The van der Waals surface area contributed by atoms with Gasteiger partial charge in [-0.05, 0) is 58.8 Å². The summed E-state index contributed by atoms with van der Waals surface area (Å²) >= 11 is 0. The minimum atomic E-state index is -2.09. The number of fused-ring (bicyclic) bond motifs is 4. The Balaban J connectivity index is 0.000000246. The van der Waals surface area contributed by atoms with Crippen LogP contribution < -0.4 is 0 Å². The fourth-order valence-corrected chi connectivity index (χ4v) is 6.87. The summed E-state index contributed by atoms with van der Waals surface area (Å²) in [4.78, 5) is 14.5. The Morgan fingerprint density at radius 2 is 1.44 bits per heavy atom. The van der Waals surface area contributed by atoms with Gasteiger partial charge in [-0.15, -0.1) is 54.1 Å². The molecule has 0 atom stereocenters. The van der Waals surface area contributed by atoms with Crippen LogP contribution in [0.3, 0.4) is 0 Å². The summed E-state index contributed by atoms with van der Waals surface area (Å²) in [5, 5.41) is 2.15. The van der Waals surface area contributed by atoms with Gasteiger partial charge in [0.15, 0.2) is 5.65 Å². The molecular formula is C48H40IrN4O-2. The van der Waals surface area contributed by atoms with Crippen molar-refractivity contribution >= 4 is 33.1 Å². The second-order valence-corrected chi connectivity index (χ2v) is 13.7. The molecule has 0 aliphatic carbocycles. The molecule has 0 spiro atoms. The first-order chi connectivity index (χ1) is 27.1. The monoisotopic (exact) mass is 884 g/mol. The van der Waals surface area contributed by atoms with Crippen LogP contribution in [0.5, 0.6) is 0 Å². The van der Waals surface area contributed by atoms with E-state index >= 15 is 0 Å². The summed E-state index contributed by atoms with van der Waals surface area (Å²) in [6.07, 6.45) is 3.35. The molecule has 0 bridgehead atoms. The van der Waals surface area contributed by atoms with Gasteiger partial charge in [-0.1, -0.05) is 118 Å². The molecule has 4 aromatic heterocycles. The molecule has 0 saturated heterocycles. The second kappa shape index (κ2) is 15.7. The summed E-state index contributed by atoms with van der Waals surface area (Å²) in [7, 11) is 0. The van der Waals surface area contributed by atoms with Crippen molar-refractivity contribution in [3.63, 3.8) is 0 Å². The fraction of sp³-hybridized carbons (Fsp3) is 0.146. The number of hydrogen-bond donors (Lipinski definition) is 0. The van der Waals surface area contributed by atoms with Crippen molar-refractivity contribution in [1.29, 1.82) is 0 Å². The number of hydrogen-bond acceptors (Lipinski definition) is 4. The van der Waals surface area contributed by atoms with E-state index in [1.54, 1.807) is 18.2 Å². The third kappa shape index (κ3) is 7.03. The van der Waals surface area contributed by atoms with Crippen molar-refractivity contribution in [1.82, 2.24) is 19.5 Å². The fourth-order valence-electron chi connectivity index (χ4n) is 6.87. The first kappa shape index (κ1) is 32.9. The predicted octanol–water partition coefficient (Wildman–Crippen LogP) is 12.6. The van der Waals surface area contributed by atoms with Gasteiger partial charge in [0.1, 0.15) is 5.58 Å². The van der Waals surface area contributed by atoms with E-state index in [-0.39, 0.29) is 25.7 Å². The molecule has 54 heavy (non-hydrogen) atoms. The van der Waals surface area contributed by atoms with E-state index in [9.17, 15) is 0 Å². The molecule has 0 amide bonds. The zero-order valence-corrected chi connectivity index (χ0v) is 32.9. The van der Waals surface area contributed by atoms with E-state index < -0.39 is 6.85 Å². The van der Waals surface area contributed by atoms with Crippen molar-refractivity contribution in [2.45, 2.75) is 46.4 Å². The Morgan fingerprint density at radius 1 is 0.685 bits per heavy atom. The minimum absolute atomic E-state index is 0. The zero-order chi connectivity index (χ0) is 39.0. The third-order valence-corrected chi connectivity index (χ3v) is 9.48. The molecule has 1 radical (unpaired) electrons. The summed E-state index contributed by atoms with van der Waals surface area (Å²) in [5.41, 5.74) is 11.8. The topological polar surface area (TPSA) is 56.7 Å². The minimum Gasteiger partial charge on any atom is -0.501 e. The SMILES string of the molecule is CC(C)c1cccc(C(C)C)c1-n1c(-c2[c-]ccc3c2oc2ccccc23)nc2cc(-c3ccccc3)cnc21.[2H]C([2H])([2H])c1ccc(-c2[c-]cccc2)nc1.[Ir]. The standard InChI is InChI=1S/C36H30N3O.C12H10N.Ir/c1-22(2)26-15-10-16-27(23(3)4)33(26)39-35(30-18-11-17-29-28-14-8-9-19-32(28)40-34(29)30)38-31-20-25(21-37-36(31)39)24-12-6-5-7-13-24;1-10-7-8-12(13-9-10)11-5-3-2-4-6-11;/h5-17,19-23H,1-4H3;2-5,7-9H,1H3;/q2*-1;/i;1D3;. The normalized spacial score (nSPS) is 12.3. The van der Waals surface area contributed by atoms with Gasteiger partial charge >= 0.3 is 0 Å². The second-order valence-electron chi connectivity index (χ2n) is 13.7. The van der Waals surface area contributed by atoms with Gasteiger partial charge in [0.25, 0.3) is 0 Å². The van der Waals surface area contributed by atoms with Crippen LogP contribution in [-0.4, -0.2) is 19.5 Å². The molecule has 0 aliphatic heterocycles. The predicted molar refractivity (Wildman–Crippen MR) is 217 cm³/mol. The van der Waals surface area contributed by atoms with Gasteiger partial charge in [-0.25, -0.2) is 4.98 Å². The maximum atomic E-state index is 7.23. The summed E-state index contributed by atoms with van der Waals surface area (Å²) < 4.78 is 30.4. The van der Waals surface area contributed by atoms with E-state index in [0.717, 1.165) is 72.6 Å². The van der Waals surface area contributed by atoms with Crippen LogP contribution in [0.4, 0.5) is 0 Å². The van der Waals surface area contributed by atoms with Gasteiger partial charge in [0, 0.05) is 53.2 Å². The number of furan rings is 1. The van der Waals surface area contributed by atoms with E-state index in [2.05, 4.69) is 110 Å². The van der Waals surface area contributed by atoms with Crippen molar-refractivity contribution in [2.24, 2.45) is 0 Å². The molecule has 6 heteroatoms. The maximum absolute atomic E-state index is 7.23. The average Bonchev–Trinajstić information content (AvgIpc) is 3.79. The Hall–Kier alpha value is -5.68. The number of pyridine rings is 2. The van der Waals surface area contributed by atoms with Crippen LogP contribution in [-0.2, 0) is 20.1 Å². The van der Waals surface area contributed by atoms with Crippen LogP contribution >= 0.6 is 0 Å². The summed E-state index contributed by atoms with van der Waals surface area (Å²) in [5.74, 6) is 1.41. The number of para-hydroxylation sites is 2. The number of imidazole rings is 1. The van der Waals surface area contributed by atoms with Crippen molar-refractivity contribution in [2.75, 3.05) is 0 Å². The number of benzene rings is 5. The van der Waals surface area contributed by atoms with Gasteiger partial charge < -0.3 is 14.0 Å². The van der Waals surface area contributed by atoms with Crippen LogP contribution in [0, 0.1) is 19.0 Å². The van der Waals surface area contributed by atoms with Crippen molar-refractivity contribution in [3.8, 4) is 39.5 Å². The number of aryl methyl sites for hydroxylation is 1. The van der Waals surface area contributed by atoms with E-state index in [0.29, 0.717) is 11.8 Å². The van der Waals surface area contributed by atoms with Gasteiger partial charge in [-0.2, -0.15) is 0 Å². The first-order valence-electron chi connectivity index (χ1n) is 19.4. The Bertz CT molecular complexity index is 2770. The molecule has 9 aromatic rings. The van der Waals surface area contributed by atoms with Gasteiger partial charge in [-0.3, -0.25) is 4.98 Å². The number of aromatic nitrogens is 4. The first-order valence-corrected chi connectivity index (χ1v) is 17.9. The molecule has 0 saturated carbocycles. The van der Waals surface area contributed by atoms with Gasteiger partial charge in [0.2, 0.25) is 0 Å². The quantitative estimate of drug-likeness (QED) is 0.156. The Labute approximate surface area is 334 Å². The molecule has 0 unspecified atom stereocenters. The molecule has 9 rings (SSSR count). The Kier molecular flexibility index (Phi) is 9.60. The smallest absolute Gasteiger partial charge is 0.155 e. The molecule has 0 fully saturated rings. The summed E-state index contributed by atoms with van der Waals surface area (Å²) in [6, 6.07) is 48.6. The van der Waals surface area contributed by atoms with E-state index in [1.807, 2.05) is 54.7 Å². The van der Waals surface area contributed by atoms with Crippen molar-refractivity contribution in [3.05, 3.63) is 169 Å². The van der Waals surface area contributed by atoms with E-state index in [4.69, 9.17) is 18.5 Å².